The van der Waals surface area contributed by atoms with Gasteiger partial charge in [-0.2, -0.15) is 18.3 Å². The van der Waals surface area contributed by atoms with Gasteiger partial charge in [0.05, 0.1) is 22.7 Å². The molecular formula is C13H13ClF3N5O. The number of aromatic amines is 1. The zero-order valence-corrected chi connectivity index (χ0v) is 12.8. The third kappa shape index (κ3) is 3.11. The third-order valence-corrected chi connectivity index (χ3v) is 4.04. The lowest BCUT2D eigenvalue weighted by Gasteiger charge is -2.25. The summed E-state index contributed by atoms with van der Waals surface area (Å²) in [6.07, 6.45) is -1.84. The molecule has 6 nitrogen and oxygen atoms in total. The van der Waals surface area contributed by atoms with Gasteiger partial charge in [-0.25, -0.2) is 9.97 Å². The summed E-state index contributed by atoms with van der Waals surface area (Å²) < 4.78 is 43.6. The van der Waals surface area contributed by atoms with Crippen molar-refractivity contribution < 1.29 is 17.9 Å². The van der Waals surface area contributed by atoms with Crippen LogP contribution in [0.4, 0.5) is 19.0 Å². The largest absolute Gasteiger partial charge is 0.417 e. The average molecular weight is 348 g/mol. The molecule has 1 saturated heterocycles. The summed E-state index contributed by atoms with van der Waals surface area (Å²) in [5.74, 6) is 0.850. The van der Waals surface area contributed by atoms with Crippen LogP contribution < -0.4 is 4.90 Å². The van der Waals surface area contributed by atoms with Crippen molar-refractivity contribution in [2.24, 2.45) is 0 Å². The lowest BCUT2D eigenvalue weighted by atomic mass is 10.2. The van der Waals surface area contributed by atoms with Crippen molar-refractivity contribution in [1.82, 2.24) is 20.2 Å². The predicted octanol–water partition coefficient (Wildman–Crippen LogP) is 2.84. The summed E-state index contributed by atoms with van der Waals surface area (Å²) in [5, 5.41) is 6.51. The van der Waals surface area contributed by atoms with Gasteiger partial charge in [0.1, 0.15) is 18.0 Å². The van der Waals surface area contributed by atoms with Gasteiger partial charge in [0.2, 0.25) is 0 Å². The molecule has 124 valence electrons. The zero-order chi connectivity index (χ0) is 16.6. The van der Waals surface area contributed by atoms with Crippen LogP contribution in [0.15, 0.2) is 18.6 Å². The lowest BCUT2D eigenvalue weighted by Crippen LogP contribution is -2.26. The van der Waals surface area contributed by atoms with E-state index in [2.05, 4.69) is 20.2 Å². The molecule has 1 fully saturated rings. The highest BCUT2D eigenvalue weighted by atomic mass is 35.5. The molecule has 0 amide bonds. The van der Waals surface area contributed by atoms with Gasteiger partial charge in [0.15, 0.2) is 0 Å². The van der Waals surface area contributed by atoms with Crippen LogP contribution >= 0.6 is 11.6 Å². The number of nitrogens with zero attached hydrogens (tertiary/aromatic N) is 4. The minimum absolute atomic E-state index is 0.0684. The summed E-state index contributed by atoms with van der Waals surface area (Å²) in [6.45, 7) is 0.444. The molecule has 1 aliphatic rings. The maximum absolute atomic E-state index is 12.7. The maximum atomic E-state index is 12.7. The number of hydrogen-bond acceptors (Lipinski definition) is 5. The normalized spacial score (nSPS) is 21.9. The molecule has 0 radical (unpaired) electrons. The Morgan fingerprint density at radius 3 is 2.74 bits per heavy atom. The minimum Gasteiger partial charge on any atom is -0.380 e. The highest BCUT2D eigenvalue weighted by molar-refractivity contribution is 6.33. The number of halogens is 4. The van der Waals surface area contributed by atoms with Gasteiger partial charge in [-0.15, -0.1) is 0 Å². The fourth-order valence-electron chi connectivity index (χ4n) is 2.63. The minimum atomic E-state index is -4.49. The molecule has 2 aromatic heterocycles. The van der Waals surface area contributed by atoms with E-state index in [4.69, 9.17) is 16.3 Å². The second-order valence-corrected chi connectivity index (χ2v) is 5.57. The van der Waals surface area contributed by atoms with E-state index in [1.54, 1.807) is 12.0 Å². The molecule has 0 bridgehead atoms. The Morgan fingerprint density at radius 2 is 2.17 bits per heavy atom. The van der Waals surface area contributed by atoms with Crippen LogP contribution in [0.3, 0.4) is 0 Å². The van der Waals surface area contributed by atoms with E-state index in [0.717, 1.165) is 12.3 Å². The Kier molecular flexibility index (Phi) is 4.15. The second-order valence-electron chi connectivity index (χ2n) is 5.16. The first-order chi connectivity index (χ1) is 10.9. The first-order valence-electron chi connectivity index (χ1n) is 6.77. The second kappa shape index (κ2) is 5.97. The van der Waals surface area contributed by atoms with Crippen LogP contribution in [0.5, 0.6) is 0 Å². The summed E-state index contributed by atoms with van der Waals surface area (Å²) in [6, 6.07) is 0.630. The van der Waals surface area contributed by atoms with Crippen molar-refractivity contribution in [2.75, 3.05) is 18.6 Å². The van der Waals surface area contributed by atoms with Crippen LogP contribution in [-0.2, 0) is 10.9 Å². The Hall–Kier alpha value is -1.87. The van der Waals surface area contributed by atoms with Crippen LogP contribution in [0.2, 0.25) is 5.02 Å². The van der Waals surface area contributed by atoms with Crippen LogP contribution in [0.1, 0.15) is 23.9 Å². The molecule has 1 N–H and O–H groups in total. The Balaban J connectivity index is 1.95. The topological polar surface area (TPSA) is 66.9 Å². The van der Waals surface area contributed by atoms with E-state index < -0.39 is 11.7 Å². The number of H-pyrrole nitrogens is 1. The van der Waals surface area contributed by atoms with E-state index in [-0.39, 0.29) is 23.0 Å². The Labute approximate surface area is 134 Å². The molecule has 23 heavy (non-hydrogen) atoms. The van der Waals surface area contributed by atoms with E-state index in [0.29, 0.717) is 18.8 Å². The fourth-order valence-corrected chi connectivity index (χ4v) is 2.91. The van der Waals surface area contributed by atoms with Gasteiger partial charge < -0.3 is 9.64 Å². The molecule has 1 aliphatic heterocycles. The zero-order valence-electron chi connectivity index (χ0n) is 12.0. The van der Waals surface area contributed by atoms with Crippen LogP contribution in [-0.4, -0.2) is 39.9 Å². The summed E-state index contributed by atoms with van der Waals surface area (Å²) in [4.78, 5) is 9.80. The molecule has 0 unspecified atom stereocenters. The van der Waals surface area contributed by atoms with Gasteiger partial charge in [-0.1, -0.05) is 11.6 Å². The van der Waals surface area contributed by atoms with Crippen molar-refractivity contribution in [2.45, 2.75) is 24.7 Å². The molecule has 0 spiro atoms. The smallest absolute Gasteiger partial charge is 0.380 e. The molecule has 2 atom stereocenters. The average Bonchev–Trinajstić information content (AvgIpc) is 3.15. The monoisotopic (exact) mass is 347 g/mol. The quantitative estimate of drug-likeness (QED) is 0.924. The first kappa shape index (κ1) is 16.0. The molecule has 0 aliphatic carbocycles. The van der Waals surface area contributed by atoms with E-state index in [1.165, 1.54) is 6.33 Å². The number of anilines is 1. The van der Waals surface area contributed by atoms with Gasteiger partial charge in [0.25, 0.3) is 0 Å². The standard InChI is InChI=1S/C13H13ClF3N5O/c1-23-8-3-10(11-19-6-20-21-11)22(5-8)12-9(14)2-7(4-18-12)13(15,16)17/h2,4,6,8,10H,3,5H2,1H3,(H,19,20,21)/t8-,10+/m1/s1. The number of hydrogen-bond donors (Lipinski definition) is 1. The van der Waals surface area contributed by atoms with Gasteiger partial charge in [0, 0.05) is 26.3 Å². The van der Waals surface area contributed by atoms with Crippen LogP contribution in [0.25, 0.3) is 0 Å². The molecule has 3 rings (SSSR count). The van der Waals surface area contributed by atoms with E-state index in [1.807, 2.05) is 0 Å². The van der Waals surface area contributed by atoms with Crippen molar-refractivity contribution in [1.29, 1.82) is 0 Å². The molecule has 0 aromatic carbocycles. The number of nitrogens with one attached hydrogen (secondary N) is 1. The maximum Gasteiger partial charge on any atom is 0.417 e. The number of rotatable bonds is 3. The SMILES string of the molecule is CO[C@@H]1C[C@@H](c2ncn[nH]2)N(c2ncc(C(F)(F)F)cc2Cl)C1. The van der Waals surface area contributed by atoms with Crippen molar-refractivity contribution in [3.8, 4) is 0 Å². The van der Waals surface area contributed by atoms with Gasteiger partial charge >= 0.3 is 6.18 Å². The molecule has 3 heterocycles. The predicted molar refractivity (Wildman–Crippen MR) is 76.1 cm³/mol. The molecule has 0 saturated carbocycles. The molecule has 2 aromatic rings. The first-order valence-corrected chi connectivity index (χ1v) is 7.15. The highest BCUT2D eigenvalue weighted by Crippen LogP contribution is 2.39. The highest BCUT2D eigenvalue weighted by Gasteiger charge is 2.38. The van der Waals surface area contributed by atoms with Gasteiger partial charge in [-0.05, 0) is 6.07 Å². The number of methoxy groups -OCH3 is 1. The third-order valence-electron chi connectivity index (χ3n) is 3.77. The summed E-state index contributed by atoms with van der Waals surface area (Å²) in [7, 11) is 1.58. The van der Waals surface area contributed by atoms with Crippen molar-refractivity contribution >= 4 is 17.4 Å². The van der Waals surface area contributed by atoms with E-state index >= 15 is 0 Å². The summed E-state index contributed by atoms with van der Waals surface area (Å²) in [5.41, 5.74) is -0.884. The molecular weight excluding hydrogens is 335 g/mol. The van der Waals surface area contributed by atoms with Gasteiger partial charge in [-0.3, -0.25) is 5.10 Å². The number of ether oxygens (including phenoxy) is 1. The number of alkyl halides is 3. The summed E-state index contributed by atoms with van der Waals surface area (Å²) >= 11 is 6.04. The van der Waals surface area contributed by atoms with Crippen molar-refractivity contribution in [3.05, 3.63) is 35.0 Å². The number of aromatic nitrogens is 4. The fraction of sp³-hybridized carbons (Fsp3) is 0.462. The van der Waals surface area contributed by atoms with Crippen molar-refractivity contribution in [3.63, 3.8) is 0 Å². The Bertz CT molecular complexity index is 679. The lowest BCUT2D eigenvalue weighted by molar-refractivity contribution is -0.137. The molecule has 10 heteroatoms. The van der Waals surface area contributed by atoms with E-state index in [9.17, 15) is 13.2 Å². The number of pyridine rings is 1. The van der Waals surface area contributed by atoms with Crippen LogP contribution in [0, 0.1) is 0 Å². The Morgan fingerprint density at radius 1 is 1.39 bits per heavy atom.